The molecule has 0 fully saturated rings. The van der Waals surface area contributed by atoms with Crippen molar-refractivity contribution in [1.82, 2.24) is 4.57 Å². The molecule has 0 aliphatic rings. The molecule has 0 spiro atoms. The van der Waals surface area contributed by atoms with Crippen LogP contribution in [-0.2, 0) is 24.2 Å². The lowest BCUT2D eigenvalue weighted by Crippen LogP contribution is -3.00. The lowest BCUT2D eigenvalue weighted by atomic mass is 10.2. The van der Waals surface area contributed by atoms with E-state index in [9.17, 15) is 0 Å². The zero-order valence-corrected chi connectivity index (χ0v) is 20.7. The van der Waals surface area contributed by atoms with Crippen molar-refractivity contribution in [2.75, 3.05) is 13.2 Å². The second-order valence-electron chi connectivity index (χ2n) is 7.62. The number of halogens is 1. The molecule has 4 rings (SSSR count). The summed E-state index contributed by atoms with van der Waals surface area (Å²) in [4.78, 5) is 1.26. The molecule has 0 radical (unpaired) electrons. The van der Waals surface area contributed by atoms with Crippen molar-refractivity contribution >= 4 is 11.3 Å². The standard InChI is InChI=1S/C26H29N2O2S.BrH/c1-22-9-11-24(12-10-22)29-18-16-27-14-15-28(21-27)20-25(26-8-5-19-31-26)30-17-13-23-6-3-2-4-7-23;/h2-12,14-15,19,21,25H,13,16-18,20H2,1H3;1H/q+1;/p-1. The summed E-state index contributed by atoms with van der Waals surface area (Å²) >= 11 is 1.75. The lowest BCUT2D eigenvalue weighted by molar-refractivity contribution is -0.704. The molecule has 2 aromatic carbocycles. The van der Waals surface area contributed by atoms with Crippen LogP contribution in [0.15, 0.2) is 90.8 Å². The average Bonchev–Trinajstić information content (AvgIpc) is 3.48. The summed E-state index contributed by atoms with van der Waals surface area (Å²) in [5.74, 6) is 0.912. The fraction of sp³-hybridized carbons (Fsp3) is 0.269. The van der Waals surface area contributed by atoms with Crippen LogP contribution < -0.4 is 26.3 Å². The summed E-state index contributed by atoms with van der Waals surface area (Å²) in [7, 11) is 0. The van der Waals surface area contributed by atoms with Crippen molar-refractivity contribution in [2.24, 2.45) is 0 Å². The summed E-state index contributed by atoms with van der Waals surface area (Å²) in [6.07, 6.45) is 7.29. The van der Waals surface area contributed by atoms with Crippen LogP contribution >= 0.6 is 11.3 Å². The van der Waals surface area contributed by atoms with E-state index in [0.29, 0.717) is 13.2 Å². The van der Waals surface area contributed by atoms with E-state index in [0.717, 1.165) is 25.3 Å². The van der Waals surface area contributed by atoms with E-state index in [4.69, 9.17) is 9.47 Å². The molecule has 0 bridgehead atoms. The summed E-state index contributed by atoms with van der Waals surface area (Å²) in [5.41, 5.74) is 2.55. The molecule has 0 saturated carbocycles. The molecular weight excluding hydrogens is 484 g/mol. The summed E-state index contributed by atoms with van der Waals surface area (Å²) < 4.78 is 16.5. The predicted octanol–water partition coefficient (Wildman–Crippen LogP) is 2.23. The van der Waals surface area contributed by atoms with Gasteiger partial charge in [-0.15, -0.1) is 11.3 Å². The van der Waals surface area contributed by atoms with Gasteiger partial charge in [0.15, 0.2) is 0 Å². The van der Waals surface area contributed by atoms with Gasteiger partial charge in [-0.3, -0.25) is 0 Å². The molecule has 168 valence electrons. The van der Waals surface area contributed by atoms with E-state index in [2.05, 4.69) is 88.7 Å². The van der Waals surface area contributed by atoms with E-state index < -0.39 is 0 Å². The quantitative estimate of drug-likeness (QED) is 0.288. The second-order valence-corrected chi connectivity index (χ2v) is 8.60. The summed E-state index contributed by atoms with van der Waals surface area (Å²) in [5, 5.41) is 2.11. The Hall–Kier alpha value is -2.41. The van der Waals surface area contributed by atoms with Crippen molar-refractivity contribution in [2.45, 2.75) is 32.5 Å². The fourth-order valence-corrected chi connectivity index (χ4v) is 4.20. The van der Waals surface area contributed by atoms with Gasteiger partial charge in [0.1, 0.15) is 43.9 Å². The van der Waals surface area contributed by atoms with Crippen molar-refractivity contribution < 1.29 is 31.0 Å². The Labute approximate surface area is 204 Å². The molecule has 2 aromatic heterocycles. The van der Waals surface area contributed by atoms with Gasteiger partial charge in [-0.1, -0.05) is 54.1 Å². The van der Waals surface area contributed by atoms with Crippen molar-refractivity contribution in [3.05, 3.63) is 107 Å². The SMILES string of the molecule is Cc1ccc(OCCn2cc[n+](CC(OCCc3ccccc3)c3cccs3)c2)cc1.[Br-]. The third-order valence-electron chi connectivity index (χ3n) is 5.18. The number of rotatable bonds is 11. The third-order valence-corrected chi connectivity index (χ3v) is 6.14. The van der Waals surface area contributed by atoms with Crippen molar-refractivity contribution in [3.63, 3.8) is 0 Å². The molecule has 4 aromatic rings. The molecule has 4 nitrogen and oxygen atoms in total. The van der Waals surface area contributed by atoms with Gasteiger partial charge >= 0.3 is 0 Å². The number of aryl methyl sites for hydroxylation is 1. The Bertz CT molecular complexity index is 1030. The van der Waals surface area contributed by atoms with E-state index in [1.54, 1.807) is 11.3 Å². The molecule has 2 heterocycles. The molecule has 32 heavy (non-hydrogen) atoms. The smallest absolute Gasteiger partial charge is 0.243 e. The van der Waals surface area contributed by atoms with Crippen LogP contribution in [0.25, 0.3) is 0 Å². The molecule has 0 aliphatic heterocycles. The van der Waals surface area contributed by atoms with Gasteiger partial charge in [0.25, 0.3) is 0 Å². The molecule has 0 amide bonds. The number of hydrogen-bond acceptors (Lipinski definition) is 3. The number of hydrogen-bond donors (Lipinski definition) is 0. The maximum atomic E-state index is 6.31. The Kier molecular flexibility index (Phi) is 9.53. The van der Waals surface area contributed by atoms with Gasteiger partial charge in [-0.05, 0) is 42.5 Å². The van der Waals surface area contributed by atoms with Gasteiger partial charge in [0.2, 0.25) is 6.33 Å². The van der Waals surface area contributed by atoms with Crippen LogP contribution in [-0.4, -0.2) is 17.8 Å². The zero-order valence-electron chi connectivity index (χ0n) is 18.3. The number of benzene rings is 2. The highest BCUT2D eigenvalue weighted by Crippen LogP contribution is 2.23. The monoisotopic (exact) mass is 512 g/mol. The first-order valence-electron chi connectivity index (χ1n) is 10.7. The highest BCUT2D eigenvalue weighted by molar-refractivity contribution is 7.10. The van der Waals surface area contributed by atoms with Gasteiger partial charge in [-0.2, -0.15) is 0 Å². The summed E-state index contributed by atoms with van der Waals surface area (Å²) in [6.45, 7) is 5.02. The maximum absolute atomic E-state index is 6.31. The van der Waals surface area contributed by atoms with Crippen molar-refractivity contribution in [1.29, 1.82) is 0 Å². The molecule has 0 saturated heterocycles. The van der Waals surface area contributed by atoms with Crippen LogP contribution in [0, 0.1) is 6.92 Å². The Morgan fingerprint density at radius 2 is 1.78 bits per heavy atom. The molecule has 1 atom stereocenters. The topological polar surface area (TPSA) is 27.3 Å². The van der Waals surface area contributed by atoms with Crippen LogP contribution in [0.3, 0.4) is 0 Å². The normalized spacial score (nSPS) is 11.7. The minimum Gasteiger partial charge on any atom is -1.00 e. The number of ether oxygens (including phenoxy) is 2. The van der Waals surface area contributed by atoms with Gasteiger partial charge in [0, 0.05) is 4.88 Å². The van der Waals surface area contributed by atoms with Crippen LogP contribution in [0.2, 0.25) is 0 Å². The number of thiophene rings is 1. The Morgan fingerprint density at radius 3 is 2.53 bits per heavy atom. The second kappa shape index (κ2) is 12.6. The lowest BCUT2D eigenvalue weighted by Gasteiger charge is -2.15. The van der Waals surface area contributed by atoms with Crippen molar-refractivity contribution in [3.8, 4) is 5.75 Å². The highest BCUT2D eigenvalue weighted by Gasteiger charge is 2.17. The zero-order chi connectivity index (χ0) is 21.3. The van der Waals surface area contributed by atoms with Gasteiger partial charge in [-0.25, -0.2) is 9.13 Å². The minimum atomic E-state index is 0. The van der Waals surface area contributed by atoms with Gasteiger partial charge in [0.05, 0.1) is 6.61 Å². The Morgan fingerprint density at radius 1 is 0.969 bits per heavy atom. The average molecular weight is 514 g/mol. The Balaban J connectivity index is 0.00000289. The van der Waals surface area contributed by atoms with E-state index >= 15 is 0 Å². The number of imidazole rings is 1. The van der Waals surface area contributed by atoms with E-state index in [1.165, 1.54) is 16.0 Å². The molecular formula is C26H29BrN2O2S. The van der Waals surface area contributed by atoms with E-state index in [-0.39, 0.29) is 23.1 Å². The molecule has 0 aliphatic carbocycles. The molecule has 1 unspecified atom stereocenters. The fourth-order valence-electron chi connectivity index (χ4n) is 3.44. The largest absolute Gasteiger partial charge is 1.00 e. The highest BCUT2D eigenvalue weighted by atomic mass is 79.9. The first kappa shape index (κ1) is 24.2. The number of nitrogens with zero attached hydrogens (tertiary/aromatic N) is 2. The first-order valence-corrected chi connectivity index (χ1v) is 11.6. The minimum absolute atomic E-state index is 0. The van der Waals surface area contributed by atoms with Gasteiger partial charge < -0.3 is 26.5 Å². The summed E-state index contributed by atoms with van der Waals surface area (Å²) in [6, 6.07) is 22.9. The first-order chi connectivity index (χ1) is 15.3. The van der Waals surface area contributed by atoms with Crippen LogP contribution in [0.4, 0.5) is 0 Å². The van der Waals surface area contributed by atoms with E-state index in [1.807, 2.05) is 18.2 Å². The molecule has 6 heteroatoms. The third kappa shape index (κ3) is 7.33. The molecule has 0 N–H and O–H groups in total. The van der Waals surface area contributed by atoms with Crippen LogP contribution in [0.5, 0.6) is 5.75 Å². The van der Waals surface area contributed by atoms with Crippen LogP contribution in [0.1, 0.15) is 22.1 Å². The maximum Gasteiger partial charge on any atom is 0.243 e. The predicted molar refractivity (Wildman–Crippen MR) is 124 cm³/mol. The number of aromatic nitrogens is 2.